The van der Waals surface area contributed by atoms with Crippen LogP contribution in [0.1, 0.15) is 45.3 Å². The number of aliphatic hydroxyl groups is 1. The Kier molecular flexibility index (Phi) is 6.11. The Bertz CT molecular complexity index is 993. The number of benzene rings is 1. The highest BCUT2D eigenvalue weighted by Gasteiger charge is 2.36. The molecule has 1 saturated heterocycles. The van der Waals surface area contributed by atoms with Crippen LogP contribution in [0, 0.1) is 6.92 Å². The molecule has 2 aromatic heterocycles. The number of hydrogen-bond acceptors (Lipinski definition) is 6. The van der Waals surface area contributed by atoms with Crippen LogP contribution in [-0.4, -0.2) is 39.0 Å². The number of ether oxygens (including phenoxy) is 1. The van der Waals surface area contributed by atoms with Crippen LogP contribution in [0.15, 0.2) is 54.7 Å². The maximum absolute atomic E-state index is 12.7. The van der Waals surface area contributed by atoms with Gasteiger partial charge in [-0.15, -0.1) is 11.3 Å². The van der Waals surface area contributed by atoms with Crippen LogP contribution in [-0.2, 0) is 12.2 Å². The van der Waals surface area contributed by atoms with Crippen LogP contribution in [0.5, 0.6) is 5.75 Å². The molecule has 1 fully saturated rings. The summed E-state index contributed by atoms with van der Waals surface area (Å²) < 4.78 is 5.86. The summed E-state index contributed by atoms with van der Waals surface area (Å²) in [7, 11) is 0. The molecule has 3 heterocycles. The predicted molar refractivity (Wildman–Crippen MR) is 116 cm³/mol. The second-order valence-corrected chi connectivity index (χ2v) is 8.61. The van der Waals surface area contributed by atoms with Gasteiger partial charge < -0.3 is 14.7 Å². The third kappa shape index (κ3) is 4.52. The van der Waals surface area contributed by atoms with E-state index < -0.39 is 5.60 Å². The molecule has 7 heteroatoms. The highest BCUT2D eigenvalue weighted by atomic mass is 32.1. The van der Waals surface area contributed by atoms with Crippen LogP contribution in [0.3, 0.4) is 0 Å². The van der Waals surface area contributed by atoms with Crippen LogP contribution < -0.4 is 4.74 Å². The van der Waals surface area contributed by atoms with Gasteiger partial charge in [0.25, 0.3) is 5.91 Å². The lowest BCUT2D eigenvalue weighted by Crippen LogP contribution is -2.34. The van der Waals surface area contributed by atoms with Crippen molar-refractivity contribution < 1.29 is 14.6 Å². The maximum Gasteiger partial charge on any atom is 0.272 e. The second kappa shape index (κ2) is 8.93. The number of rotatable bonds is 5. The molecule has 3 aromatic rings. The topological polar surface area (TPSA) is 75.6 Å². The fourth-order valence-corrected chi connectivity index (χ4v) is 4.74. The number of carbonyl (C=O) groups is 1. The van der Waals surface area contributed by atoms with Gasteiger partial charge in [-0.2, -0.15) is 0 Å². The van der Waals surface area contributed by atoms with Crippen molar-refractivity contribution in [2.24, 2.45) is 0 Å². The predicted octanol–water partition coefficient (Wildman–Crippen LogP) is 3.94. The number of aryl methyl sites for hydroxylation is 1. The molecule has 1 aromatic carbocycles. The number of amides is 1. The minimum Gasteiger partial charge on any atom is -0.488 e. The van der Waals surface area contributed by atoms with E-state index in [0.717, 1.165) is 16.3 Å². The van der Waals surface area contributed by atoms with E-state index in [9.17, 15) is 9.90 Å². The van der Waals surface area contributed by atoms with Crippen molar-refractivity contribution in [1.82, 2.24) is 14.9 Å². The average Bonchev–Trinajstić information content (AvgIpc) is 3.04. The number of para-hydroxylation sites is 1. The minimum atomic E-state index is -1.03. The molecule has 30 heavy (non-hydrogen) atoms. The molecule has 0 aliphatic carbocycles. The van der Waals surface area contributed by atoms with Crippen molar-refractivity contribution in [3.05, 3.63) is 76.0 Å². The summed E-state index contributed by atoms with van der Waals surface area (Å²) in [5.74, 6) is 0.718. The zero-order valence-corrected chi connectivity index (χ0v) is 17.8. The van der Waals surface area contributed by atoms with Crippen molar-refractivity contribution in [1.29, 1.82) is 0 Å². The normalized spacial score (nSPS) is 19.3. The van der Waals surface area contributed by atoms with E-state index in [1.807, 2.05) is 43.3 Å². The van der Waals surface area contributed by atoms with E-state index in [2.05, 4.69) is 9.97 Å². The molecule has 0 spiro atoms. The molecule has 1 N–H and O–H groups in total. The highest BCUT2D eigenvalue weighted by molar-refractivity contribution is 7.11. The Morgan fingerprint density at radius 1 is 1.17 bits per heavy atom. The molecule has 1 amide bonds. The lowest BCUT2D eigenvalue weighted by atomic mass is 9.96. The zero-order valence-electron chi connectivity index (χ0n) is 17.0. The molecule has 1 atom stereocenters. The van der Waals surface area contributed by atoms with E-state index >= 15 is 0 Å². The molecular formula is C23H25N3O3S. The summed E-state index contributed by atoms with van der Waals surface area (Å²) in [6.45, 7) is 3.45. The van der Waals surface area contributed by atoms with E-state index in [-0.39, 0.29) is 5.91 Å². The van der Waals surface area contributed by atoms with E-state index in [0.29, 0.717) is 49.7 Å². The first-order chi connectivity index (χ1) is 14.5. The fraction of sp³-hybridized carbons (Fsp3) is 0.348. The molecular weight excluding hydrogens is 398 g/mol. The highest BCUT2D eigenvalue weighted by Crippen LogP contribution is 2.37. The van der Waals surface area contributed by atoms with Crippen molar-refractivity contribution >= 4 is 17.2 Å². The van der Waals surface area contributed by atoms with E-state index in [4.69, 9.17) is 4.74 Å². The third-order valence-corrected chi connectivity index (χ3v) is 6.71. The van der Waals surface area contributed by atoms with Crippen LogP contribution >= 0.6 is 11.3 Å². The summed E-state index contributed by atoms with van der Waals surface area (Å²) in [4.78, 5) is 24.3. The van der Waals surface area contributed by atoms with Crippen molar-refractivity contribution in [3.8, 4) is 5.75 Å². The SMILES string of the molecule is Cc1nc([C@]2(O)CCCN(C(=O)c3ccccn3)CC2)sc1COc1ccccc1. The number of thiazole rings is 1. The van der Waals surface area contributed by atoms with Gasteiger partial charge >= 0.3 is 0 Å². The fourth-order valence-electron chi connectivity index (χ4n) is 3.61. The van der Waals surface area contributed by atoms with Gasteiger partial charge in [-0.3, -0.25) is 9.78 Å². The quantitative estimate of drug-likeness (QED) is 0.673. The largest absolute Gasteiger partial charge is 0.488 e. The van der Waals surface area contributed by atoms with Gasteiger partial charge in [-0.1, -0.05) is 24.3 Å². The number of nitrogens with zero attached hydrogens (tertiary/aromatic N) is 3. The lowest BCUT2D eigenvalue weighted by molar-refractivity contribution is 0.0209. The Labute approximate surface area is 180 Å². The number of aromatic nitrogens is 2. The molecule has 156 valence electrons. The Hall–Kier alpha value is -2.77. The zero-order chi connectivity index (χ0) is 21.0. The van der Waals surface area contributed by atoms with E-state index in [1.54, 1.807) is 23.2 Å². The summed E-state index contributed by atoms with van der Waals surface area (Å²) in [5, 5.41) is 12.1. The summed E-state index contributed by atoms with van der Waals surface area (Å²) in [5.41, 5.74) is 0.290. The number of likely N-dealkylation sites (tertiary alicyclic amines) is 1. The molecule has 4 rings (SSSR count). The smallest absolute Gasteiger partial charge is 0.272 e. The summed E-state index contributed by atoms with van der Waals surface area (Å²) in [6.07, 6.45) is 3.37. The Morgan fingerprint density at radius 3 is 2.73 bits per heavy atom. The molecule has 6 nitrogen and oxygen atoms in total. The first-order valence-electron chi connectivity index (χ1n) is 10.1. The van der Waals surface area contributed by atoms with E-state index in [1.165, 1.54) is 11.3 Å². The van der Waals surface area contributed by atoms with Gasteiger partial charge in [-0.05, 0) is 44.0 Å². The lowest BCUT2D eigenvalue weighted by Gasteiger charge is -2.24. The first kappa shape index (κ1) is 20.5. The van der Waals surface area contributed by atoms with Gasteiger partial charge in [-0.25, -0.2) is 4.98 Å². The van der Waals surface area contributed by atoms with Crippen molar-refractivity contribution in [2.45, 2.75) is 38.4 Å². The van der Waals surface area contributed by atoms with Gasteiger partial charge in [0.05, 0.1) is 10.6 Å². The van der Waals surface area contributed by atoms with Gasteiger partial charge in [0.15, 0.2) is 0 Å². The van der Waals surface area contributed by atoms with Crippen molar-refractivity contribution in [2.75, 3.05) is 13.1 Å². The molecule has 0 radical (unpaired) electrons. The number of pyridine rings is 1. The second-order valence-electron chi connectivity index (χ2n) is 7.52. The van der Waals surface area contributed by atoms with Crippen LogP contribution in [0.2, 0.25) is 0 Å². The van der Waals surface area contributed by atoms with Crippen molar-refractivity contribution in [3.63, 3.8) is 0 Å². The van der Waals surface area contributed by atoms with Gasteiger partial charge in [0, 0.05) is 25.7 Å². The summed E-state index contributed by atoms with van der Waals surface area (Å²) in [6, 6.07) is 15.0. The molecule has 1 aliphatic rings. The number of carbonyl (C=O) groups excluding carboxylic acids is 1. The van der Waals surface area contributed by atoms with Crippen LogP contribution in [0.4, 0.5) is 0 Å². The van der Waals surface area contributed by atoms with Gasteiger partial charge in [0.2, 0.25) is 0 Å². The number of hydrogen-bond donors (Lipinski definition) is 1. The Balaban J connectivity index is 1.44. The maximum atomic E-state index is 12.7. The monoisotopic (exact) mass is 423 g/mol. The molecule has 0 unspecified atom stereocenters. The molecule has 0 saturated carbocycles. The Morgan fingerprint density at radius 2 is 1.97 bits per heavy atom. The summed E-state index contributed by atoms with van der Waals surface area (Å²) >= 11 is 1.50. The standard InChI is InChI=1S/C23H25N3O3S/c1-17-20(16-29-18-8-3-2-4-9-18)30-22(25-17)23(28)11-7-14-26(15-12-23)21(27)19-10-5-6-13-24-19/h2-6,8-10,13,28H,7,11-12,14-16H2,1H3/t23-/m0/s1. The van der Waals surface area contributed by atoms with Gasteiger partial charge in [0.1, 0.15) is 28.7 Å². The first-order valence-corrected chi connectivity index (χ1v) is 10.9. The third-order valence-electron chi connectivity index (χ3n) is 5.39. The molecule has 0 bridgehead atoms. The molecule has 1 aliphatic heterocycles. The minimum absolute atomic E-state index is 0.0906. The van der Waals surface area contributed by atoms with Crippen LogP contribution in [0.25, 0.3) is 0 Å². The average molecular weight is 424 g/mol.